The first kappa shape index (κ1) is 15.1. The monoisotopic (exact) mass is 293 g/mol. The minimum absolute atomic E-state index is 0.227. The quantitative estimate of drug-likeness (QED) is 0.797. The zero-order valence-electron chi connectivity index (χ0n) is 12.0. The van der Waals surface area contributed by atoms with E-state index in [1.54, 1.807) is 0 Å². The molecular weight excluding hydrogens is 274 g/mol. The van der Waals surface area contributed by atoms with Gasteiger partial charge in [0, 0.05) is 25.1 Å². The molecule has 0 radical (unpaired) electrons. The van der Waals surface area contributed by atoms with Crippen molar-refractivity contribution in [1.82, 2.24) is 4.90 Å². The second-order valence-electron chi connectivity index (χ2n) is 5.12. The van der Waals surface area contributed by atoms with E-state index in [1.807, 2.05) is 31.3 Å². The Balaban J connectivity index is 2.16. The van der Waals surface area contributed by atoms with Crippen LogP contribution < -0.4 is 4.74 Å². The van der Waals surface area contributed by atoms with Crippen molar-refractivity contribution in [2.24, 2.45) is 0 Å². The summed E-state index contributed by atoms with van der Waals surface area (Å²) in [5.41, 5.74) is 1.79. The normalized spacial score (nSPS) is 18.6. The van der Waals surface area contributed by atoms with Gasteiger partial charge in [0.25, 0.3) is 0 Å². The summed E-state index contributed by atoms with van der Waals surface area (Å²) in [5, 5.41) is 0.587. The first-order valence-corrected chi connectivity index (χ1v) is 7.32. The standard InChI is InChI=1S/C16H20ClNO2/c1-3-8-20-16-5-4-12(10-14(16)17)9-13-11-18(2)7-6-15(13)19/h4-5,9-10H,3,6-8,11H2,1-2H3/b13-9+. The Kier molecular flexibility index (Phi) is 5.21. The van der Waals surface area contributed by atoms with Crippen molar-refractivity contribution in [2.75, 3.05) is 26.7 Å². The van der Waals surface area contributed by atoms with Gasteiger partial charge in [0.2, 0.25) is 0 Å². The van der Waals surface area contributed by atoms with Gasteiger partial charge in [-0.2, -0.15) is 0 Å². The van der Waals surface area contributed by atoms with Gasteiger partial charge in [-0.15, -0.1) is 0 Å². The summed E-state index contributed by atoms with van der Waals surface area (Å²) < 4.78 is 5.54. The van der Waals surface area contributed by atoms with Crippen molar-refractivity contribution in [1.29, 1.82) is 0 Å². The van der Waals surface area contributed by atoms with Crippen LogP contribution in [0.25, 0.3) is 6.08 Å². The number of likely N-dealkylation sites (tertiary alicyclic amines) is 1. The molecule has 1 aromatic rings. The van der Waals surface area contributed by atoms with Crippen LogP contribution in [0.2, 0.25) is 5.02 Å². The maximum Gasteiger partial charge on any atom is 0.161 e. The van der Waals surface area contributed by atoms with E-state index in [0.29, 0.717) is 30.3 Å². The highest BCUT2D eigenvalue weighted by molar-refractivity contribution is 6.32. The molecule has 108 valence electrons. The number of benzene rings is 1. The summed E-state index contributed by atoms with van der Waals surface area (Å²) in [4.78, 5) is 14.0. The molecule has 2 rings (SSSR count). The minimum Gasteiger partial charge on any atom is -0.492 e. The molecule has 0 saturated carbocycles. The molecule has 0 aliphatic carbocycles. The fraction of sp³-hybridized carbons (Fsp3) is 0.438. The summed E-state index contributed by atoms with van der Waals surface area (Å²) >= 11 is 6.20. The Morgan fingerprint density at radius 2 is 2.25 bits per heavy atom. The molecule has 3 nitrogen and oxygen atoms in total. The molecule has 0 amide bonds. The van der Waals surface area contributed by atoms with Gasteiger partial charge in [-0.25, -0.2) is 0 Å². The summed E-state index contributed by atoms with van der Waals surface area (Å²) in [7, 11) is 2.02. The fourth-order valence-electron chi connectivity index (χ4n) is 2.17. The number of likely N-dealkylation sites (N-methyl/N-ethyl adjacent to an activating group) is 1. The Morgan fingerprint density at radius 1 is 1.45 bits per heavy atom. The van der Waals surface area contributed by atoms with Crippen LogP contribution >= 0.6 is 11.6 Å². The highest BCUT2D eigenvalue weighted by atomic mass is 35.5. The molecular formula is C16H20ClNO2. The Hall–Kier alpha value is -1.32. The zero-order valence-corrected chi connectivity index (χ0v) is 12.7. The average molecular weight is 294 g/mol. The van der Waals surface area contributed by atoms with Gasteiger partial charge < -0.3 is 9.64 Å². The number of hydrogen-bond acceptors (Lipinski definition) is 3. The highest BCUT2D eigenvalue weighted by Gasteiger charge is 2.18. The molecule has 1 aromatic carbocycles. The van der Waals surface area contributed by atoms with E-state index in [9.17, 15) is 4.79 Å². The first-order chi connectivity index (χ1) is 9.60. The summed E-state index contributed by atoms with van der Waals surface area (Å²) in [5.74, 6) is 0.924. The van der Waals surface area contributed by atoms with E-state index in [2.05, 4.69) is 11.8 Å². The third-order valence-electron chi connectivity index (χ3n) is 3.28. The van der Waals surface area contributed by atoms with Gasteiger partial charge in [0.1, 0.15) is 5.75 Å². The smallest absolute Gasteiger partial charge is 0.161 e. The third kappa shape index (κ3) is 3.84. The van der Waals surface area contributed by atoms with Gasteiger partial charge in [0.05, 0.1) is 11.6 Å². The second kappa shape index (κ2) is 6.91. The molecule has 20 heavy (non-hydrogen) atoms. The van der Waals surface area contributed by atoms with E-state index >= 15 is 0 Å². The van der Waals surface area contributed by atoms with Gasteiger partial charge in [-0.05, 0) is 37.2 Å². The van der Waals surface area contributed by atoms with E-state index in [4.69, 9.17) is 16.3 Å². The molecule has 0 aromatic heterocycles. The predicted molar refractivity (Wildman–Crippen MR) is 82.3 cm³/mol. The average Bonchev–Trinajstić information content (AvgIpc) is 2.42. The van der Waals surface area contributed by atoms with Crippen molar-refractivity contribution < 1.29 is 9.53 Å². The van der Waals surface area contributed by atoms with Gasteiger partial charge >= 0.3 is 0 Å². The van der Waals surface area contributed by atoms with E-state index < -0.39 is 0 Å². The Bertz CT molecular complexity index is 525. The van der Waals surface area contributed by atoms with Crippen LogP contribution in [0, 0.1) is 0 Å². The molecule has 0 atom stereocenters. The Morgan fingerprint density at radius 3 is 2.95 bits per heavy atom. The van der Waals surface area contributed by atoms with Crippen LogP contribution in [0.1, 0.15) is 25.3 Å². The predicted octanol–water partition coefficient (Wildman–Crippen LogP) is 3.42. The molecule has 1 heterocycles. The fourth-order valence-corrected chi connectivity index (χ4v) is 2.42. The van der Waals surface area contributed by atoms with Crippen LogP contribution in [-0.2, 0) is 4.79 Å². The lowest BCUT2D eigenvalue weighted by Crippen LogP contribution is -2.32. The van der Waals surface area contributed by atoms with Crippen LogP contribution in [0.15, 0.2) is 23.8 Å². The first-order valence-electron chi connectivity index (χ1n) is 6.95. The molecule has 1 fully saturated rings. The van der Waals surface area contributed by atoms with Crippen LogP contribution in [0.3, 0.4) is 0 Å². The lowest BCUT2D eigenvalue weighted by atomic mass is 10.0. The van der Waals surface area contributed by atoms with Crippen molar-refractivity contribution in [2.45, 2.75) is 19.8 Å². The van der Waals surface area contributed by atoms with Crippen LogP contribution in [0.4, 0.5) is 0 Å². The van der Waals surface area contributed by atoms with E-state index in [0.717, 1.165) is 24.1 Å². The van der Waals surface area contributed by atoms with Crippen molar-refractivity contribution in [3.05, 3.63) is 34.4 Å². The van der Waals surface area contributed by atoms with E-state index in [1.165, 1.54) is 0 Å². The number of ketones is 1. The molecule has 1 aliphatic rings. The topological polar surface area (TPSA) is 29.5 Å². The molecule has 0 N–H and O–H groups in total. The molecule has 0 spiro atoms. The van der Waals surface area contributed by atoms with Crippen LogP contribution in [-0.4, -0.2) is 37.4 Å². The van der Waals surface area contributed by atoms with E-state index in [-0.39, 0.29) is 5.78 Å². The zero-order chi connectivity index (χ0) is 14.5. The largest absolute Gasteiger partial charge is 0.492 e. The number of hydrogen-bond donors (Lipinski definition) is 0. The number of piperidine rings is 1. The molecule has 0 bridgehead atoms. The molecule has 4 heteroatoms. The van der Waals surface area contributed by atoms with Gasteiger partial charge in [0.15, 0.2) is 5.78 Å². The lowest BCUT2D eigenvalue weighted by Gasteiger charge is -2.23. The van der Waals surface area contributed by atoms with Crippen LogP contribution in [0.5, 0.6) is 5.75 Å². The SMILES string of the molecule is CCCOc1ccc(/C=C2\CN(C)CCC2=O)cc1Cl. The molecule has 1 aliphatic heterocycles. The lowest BCUT2D eigenvalue weighted by molar-refractivity contribution is -0.117. The van der Waals surface area contributed by atoms with Crippen molar-refractivity contribution in [3.63, 3.8) is 0 Å². The maximum atomic E-state index is 11.9. The van der Waals surface area contributed by atoms with Gasteiger partial charge in [-0.3, -0.25) is 4.79 Å². The maximum absolute atomic E-state index is 11.9. The van der Waals surface area contributed by atoms with Gasteiger partial charge in [-0.1, -0.05) is 24.6 Å². The number of carbonyl (C=O) groups excluding carboxylic acids is 1. The number of rotatable bonds is 4. The number of Topliss-reactive ketones (excluding diaryl/α,β-unsaturated/α-hetero) is 1. The minimum atomic E-state index is 0.227. The number of nitrogens with zero attached hydrogens (tertiary/aromatic N) is 1. The van der Waals surface area contributed by atoms with Crippen molar-refractivity contribution >= 4 is 23.5 Å². The Labute approximate surface area is 125 Å². The molecule has 0 unspecified atom stereocenters. The summed E-state index contributed by atoms with van der Waals surface area (Å²) in [6.45, 7) is 4.24. The third-order valence-corrected chi connectivity index (χ3v) is 3.57. The second-order valence-corrected chi connectivity index (χ2v) is 5.53. The summed E-state index contributed by atoms with van der Waals surface area (Å²) in [6, 6.07) is 5.65. The summed E-state index contributed by atoms with van der Waals surface area (Å²) in [6.07, 6.45) is 3.46. The number of carbonyl (C=O) groups is 1. The molecule has 1 saturated heterocycles. The highest BCUT2D eigenvalue weighted by Crippen LogP contribution is 2.27. The number of halogens is 1. The number of ether oxygens (including phenoxy) is 1. The van der Waals surface area contributed by atoms with Crippen molar-refractivity contribution in [3.8, 4) is 5.75 Å².